The van der Waals surface area contributed by atoms with E-state index in [4.69, 9.17) is 4.42 Å². The maximum atomic E-state index is 13.5. The van der Waals surface area contributed by atoms with E-state index in [0.717, 1.165) is 21.5 Å². The molecule has 3 heterocycles. The van der Waals surface area contributed by atoms with Crippen LogP contribution in [0.2, 0.25) is 0 Å². The summed E-state index contributed by atoms with van der Waals surface area (Å²) in [6.45, 7) is 4.22. The monoisotopic (exact) mass is 495 g/mol. The van der Waals surface area contributed by atoms with Gasteiger partial charge in [-0.15, -0.1) is 10.2 Å². The second kappa shape index (κ2) is 7.69. The summed E-state index contributed by atoms with van der Waals surface area (Å²) in [6, 6.07) is 13.9. The first-order valence-corrected chi connectivity index (χ1v) is 11.5. The lowest BCUT2D eigenvalue weighted by Gasteiger charge is -2.22. The highest BCUT2D eigenvalue weighted by molar-refractivity contribution is 9.10. The van der Waals surface area contributed by atoms with Crippen LogP contribution in [0.25, 0.3) is 11.0 Å². The topological polar surface area (TPSA) is 76.3 Å². The Morgan fingerprint density at radius 2 is 1.94 bits per heavy atom. The second-order valence-corrected chi connectivity index (χ2v) is 9.84. The zero-order chi connectivity index (χ0) is 21.7. The van der Waals surface area contributed by atoms with Crippen LogP contribution in [-0.2, 0) is 6.42 Å². The predicted molar refractivity (Wildman–Crippen MR) is 124 cm³/mol. The molecule has 0 N–H and O–H groups in total. The Balaban J connectivity index is 1.74. The van der Waals surface area contributed by atoms with E-state index in [2.05, 4.69) is 40.0 Å². The Morgan fingerprint density at radius 3 is 2.71 bits per heavy atom. The molecule has 0 bridgehead atoms. The fourth-order valence-corrected chi connectivity index (χ4v) is 5.38. The third-order valence-corrected chi connectivity index (χ3v) is 6.63. The van der Waals surface area contributed by atoms with Crippen molar-refractivity contribution in [2.45, 2.75) is 26.3 Å². The van der Waals surface area contributed by atoms with Crippen LogP contribution >= 0.6 is 27.3 Å². The highest BCUT2D eigenvalue weighted by Gasteiger charge is 2.45. The maximum Gasteiger partial charge on any atom is 0.297 e. The Bertz CT molecular complexity index is 1380. The van der Waals surface area contributed by atoms with Crippen LogP contribution < -0.4 is 10.3 Å². The Kier molecular flexibility index (Phi) is 4.98. The molecule has 0 spiro atoms. The van der Waals surface area contributed by atoms with E-state index >= 15 is 0 Å². The molecule has 0 radical (unpaired) electrons. The summed E-state index contributed by atoms with van der Waals surface area (Å²) in [7, 11) is 0. The van der Waals surface area contributed by atoms with Gasteiger partial charge in [-0.3, -0.25) is 14.5 Å². The zero-order valence-corrected chi connectivity index (χ0v) is 19.2. The molecule has 0 aliphatic carbocycles. The molecular formula is C23H18BrN3O3S. The van der Waals surface area contributed by atoms with E-state index in [-0.39, 0.29) is 17.1 Å². The number of rotatable bonds is 4. The Hall–Kier alpha value is -2.84. The molecule has 6 nitrogen and oxygen atoms in total. The van der Waals surface area contributed by atoms with Crippen LogP contribution in [0.3, 0.4) is 0 Å². The van der Waals surface area contributed by atoms with Crippen molar-refractivity contribution in [1.82, 2.24) is 10.2 Å². The molecule has 31 heavy (non-hydrogen) atoms. The molecule has 1 atom stereocenters. The number of carbonyl (C=O) groups is 1. The first-order chi connectivity index (χ1) is 14.9. The summed E-state index contributed by atoms with van der Waals surface area (Å²) in [4.78, 5) is 28.5. The van der Waals surface area contributed by atoms with Gasteiger partial charge in [0.2, 0.25) is 10.9 Å². The third-order valence-electron chi connectivity index (χ3n) is 5.19. The fraction of sp³-hybridized carbons (Fsp3) is 0.217. The number of benzene rings is 2. The molecule has 0 saturated heterocycles. The molecule has 0 unspecified atom stereocenters. The number of fused-ring (bicyclic) bond motifs is 2. The largest absolute Gasteiger partial charge is 0.450 e. The number of nitrogens with zero attached hydrogens (tertiary/aromatic N) is 3. The summed E-state index contributed by atoms with van der Waals surface area (Å²) < 4.78 is 6.81. The van der Waals surface area contributed by atoms with Gasteiger partial charge in [0, 0.05) is 10.9 Å². The van der Waals surface area contributed by atoms with E-state index < -0.39 is 6.04 Å². The molecule has 2 aromatic heterocycles. The lowest BCUT2D eigenvalue weighted by atomic mass is 9.99. The Labute approximate surface area is 190 Å². The van der Waals surface area contributed by atoms with E-state index in [1.54, 1.807) is 24.3 Å². The van der Waals surface area contributed by atoms with E-state index in [0.29, 0.717) is 27.6 Å². The number of para-hydroxylation sites is 1. The standard InChI is InChI=1S/C23H18BrN3O3S/c1-12(2)10-17-25-26-23(31-17)27-19(13-6-5-7-14(24)11-13)18-20(28)15-8-3-4-9-16(15)30-21(18)22(27)29/h3-9,11-12,19H,10H2,1-2H3/t19-/m0/s1. The van der Waals surface area contributed by atoms with Crippen molar-refractivity contribution in [1.29, 1.82) is 0 Å². The van der Waals surface area contributed by atoms with Crippen LogP contribution in [-0.4, -0.2) is 16.1 Å². The number of carbonyl (C=O) groups excluding carboxylic acids is 1. The van der Waals surface area contributed by atoms with Gasteiger partial charge in [-0.05, 0) is 35.7 Å². The van der Waals surface area contributed by atoms with Crippen molar-refractivity contribution >= 4 is 49.3 Å². The minimum atomic E-state index is -0.638. The van der Waals surface area contributed by atoms with E-state index in [9.17, 15) is 9.59 Å². The van der Waals surface area contributed by atoms with Crippen molar-refractivity contribution in [3.8, 4) is 0 Å². The molecular weight excluding hydrogens is 478 g/mol. The minimum absolute atomic E-state index is 0.0642. The smallest absolute Gasteiger partial charge is 0.297 e. The van der Waals surface area contributed by atoms with Gasteiger partial charge in [-0.25, -0.2) is 0 Å². The molecule has 8 heteroatoms. The normalized spacial score (nSPS) is 15.8. The highest BCUT2D eigenvalue weighted by Crippen LogP contribution is 2.42. The zero-order valence-electron chi connectivity index (χ0n) is 16.8. The van der Waals surface area contributed by atoms with E-state index in [1.807, 2.05) is 24.3 Å². The van der Waals surface area contributed by atoms with Crippen LogP contribution in [0, 0.1) is 5.92 Å². The highest BCUT2D eigenvalue weighted by atomic mass is 79.9. The van der Waals surface area contributed by atoms with Gasteiger partial charge in [-0.1, -0.05) is 65.4 Å². The number of halogens is 1. The minimum Gasteiger partial charge on any atom is -0.450 e. The fourth-order valence-electron chi connectivity index (χ4n) is 3.88. The average Bonchev–Trinajstić information content (AvgIpc) is 3.30. The average molecular weight is 496 g/mol. The number of amides is 1. The number of aromatic nitrogens is 2. The lowest BCUT2D eigenvalue weighted by Crippen LogP contribution is -2.29. The molecule has 1 amide bonds. The second-order valence-electron chi connectivity index (χ2n) is 7.88. The first kappa shape index (κ1) is 20.1. The lowest BCUT2D eigenvalue weighted by molar-refractivity contribution is 0.0970. The molecule has 2 aromatic carbocycles. The molecule has 1 aliphatic rings. The van der Waals surface area contributed by atoms with Crippen LogP contribution in [0.4, 0.5) is 5.13 Å². The van der Waals surface area contributed by atoms with Crippen LogP contribution in [0.1, 0.15) is 46.6 Å². The summed E-state index contributed by atoms with van der Waals surface area (Å²) in [5, 5.41) is 10.3. The molecule has 0 saturated carbocycles. The van der Waals surface area contributed by atoms with Gasteiger partial charge in [-0.2, -0.15) is 0 Å². The first-order valence-electron chi connectivity index (χ1n) is 9.91. The van der Waals surface area contributed by atoms with Gasteiger partial charge in [0.15, 0.2) is 5.43 Å². The van der Waals surface area contributed by atoms with Crippen LogP contribution in [0.15, 0.2) is 62.2 Å². The predicted octanol–water partition coefficient (Wildman–Crippen LogP) is 5.36. The van der Waals surface area contributed by atoms with Crippen molar-refractivity contribution in [3.05, 3.63) is 85.1 Å². The van der Waals surface area contributed by atoms with Gasteiger partial charge in [0.05, 0.1) is 17.0 Å². The van der Waals surface area contributed by atoms with Crippen molar-refractivity contribution in [2.75, 3.05) is 4.90 Å². The van der Waals surface area contributed by atoms with Crippen molar-refractivity contribution in [3.63, 3.8) is 0 Å². The van der Waals surface area contributed by atoms with Gasteiger partial charge in [0.25, 0.3) is 5.91 Å². The van der Waals surface area contributed by atoms with Crippen LogP contribution in [0.5, 0.6) is 0 Å². The number of anilines is 1. The molecule has 0 fully saturated rings. The molecule has 4 aromatic rings. The van der Waals surface area contributed by atoms with Crippen molar-refractivity contribution < 1.29 is 9.21 Å². The molecule has 1 aliphatic heterocycles. The third kappa shape index (κ3) is 3.40. The van der Waals surface area contributed by atoms with Gasteiger partial charge >= 0.3 is 0 Å². The maximum absolute atomic E-state index is 13.5. The van der Waals surface area contributed by atoms with E-state index in [1.165, 1.54) is 16.2 Å². The summed E-state index contributed by atoms with van der Waals surface area (Å²) in [5.74, 6) is 0.103. The number of hydrogen-bond donors (Lipinski definition) is 0. The quantitative estimate of drug-likeness (QED) is 0.381. The Morgan fingerprint density at radius 1 is 1.13 bits per heavy atom. The summed E-state index contributed by atoms with van der Waals surface area (Å²) >= 11 is 4.87. The number of hydrogen-bond acceptors (Lipinski definition) is 6. The molecule has 5 rings (SSSR count). The van der Waals surface area contributed by atoms with Gasteiger partial charge < -0.3 is 4.42 Å². The van der Waals surface area contributed by atoms with Gasteiger partial charge in [0.1, 0.15) is 10.6 Å². The summed E-state index contributed by atoms with van der Waals surface area (Å²) in [6.07, 6.45) is 0.773. The summed E-state index contributed by atoms with van der Waals surface area (Å²) in [5.41, 5.74) is 1.32. The SMILES string of the molecule is CC(C)Cc1nnc(N2C(=O)c3oc4ccccc4c(=O)c3[C@@H]2c2cccc(Br)c2)s1. The van der Waals surface area contributed by atoms with Crippen molar-refractivity contribution in [2.24, 2.45) is 5.92 Å². The molecule has 156 valence electrons.